The van der Waals surface area contributed by atoms with Gasteiger partial charge in [-0.25, -0.2) is 0 Å². The van der Waals surface area contributed by atoms with E-state index in [4.69, 9.17) is 9.84 Å². The molecule has 0 saturated heterocycles. The molecule has 0 bridgehead atoms. The van der Waals surface area contributed by atoms with Crippen molar-refractivity contribution in [3.8, 4) is 5.75 Å². The zero-order chi connectivity index (χ0) is 15.5. The number of aliphatic carboxylic acids is 1. The number of benzene rings is 1. The fourth-order valence-corrected chi connectivity index (χ4v) is 3.37. The molecule has 114 valence electrons. The van der Waals surface area contributed by atoms with Gasteiger partial charge in [-0.05, 0) is 31.2 Å². The summed E-state index contributed by atoms with van der Waals surface area (Å²) in [5, 5.41) is 19.8. The molecule has 1 aliphatic carbocycles. The smallest absolute Gasteiger partial charge is 0.303 e. The molecule has 0 aliphatic heterocycles. The van der Waals surface area contributed by atoms with Crippen LogP contribution in [0.25, 0.3) is 0 Å². The van der Waals surface area contributed by atoms with Gasteiger partial charge in [0.1, 0.15) is 5.75 Å². The van der Waals surface area contributed by atoms with E-state index in [0.717, 1.165) is 17.7 Å². The molecule has 6 nitrogen and oxygen atoms in total. The predicted octanol–water partition coefficient (Wildman–Crippen LogP) is 3.34. The molecular formula is C14H17NO5S. The van der Waals surface area contributed by atoms with Crippen LogP contribution in [0.4, 0.5) is 5.69 Å². The van der Waals surface area contributed by atoms with E-state index < -0.39 is 10.9 Å². The third kappa shape index (κ3) is 4.35. The van der Waals surface area contributed by atoms with E-state index in [1.807, 2.05) is 6.92 Å². The lowest BCUT2D eigenvalue weighted by Crippen LogP contribution is -2.10. The number of non-ortho nitro benzene ring substituents is 1. The average molecular weight is 311 g/mol. The number of nitro groups is 1. The Morgan fingerprint density at radius 1 is 1.48 bits per heavy atom. The molecule has 0 amide bonds. The SMILES string of the molecule is CCOc1cc(SCC2(CC(=O)O)CC2)cc([N+](=O)[O-])c1. The van der Waals surface area contributed by atoms with Gasteiger partial charge in [0.25, 0.3) is 5.69 Å². The molecule has 1 fully saturated rings. The van der Waals surface area contributed by atoms with E-state index in [1.165, 1.54) is 23.9 Å². The lowest BCUT2D eigenvalue weighted by Gasteiger charge is -2.12. The van der Waals surface area contributed by atoms with Crippen molar-refractivity contribution in [3.05, 3.63) is 28.3 Å². The third-order valence-electron chi connectivity index (χ3n) is 3.41. The summed E-state index contributed by atoms with van der Waals surface area (Å²) in [6.07, 6.45) is 1.96. The highest BCUT2D eigenvalue weighted by atomic mass is 32.2. The van der Waals surface area contributed by atoms with Crippen molar-refractivity contribution in [3.63, 3.8) is 0 Å². The summed E-state index contributed by atoms with van der Waals surface area (Å²) in [6, 6.07) is 4.67. The Bertz CT molecular complexity index is 556. The van der Waals surface area contributed by atoms with Crippen LogP contribution in [0.2, 0.25) is 0 Å². The molecule has 21 heavy (non-hydrogen) atoms. The first kappa shape index (κ1) is 15.6. The Hall–Kier alpha value is -1.76. The number of carbonyl (C=O) groups is 1. The third-order valence-corrected chi connectivity index (χ3v) is 4.74. The molecule has 0 heterocycles. The highest BCUT2D eigenvalue weighted by Crippen LogP contribution is 2.52. The summed E-state index contributed by atoms with van der Waals surface area (Å²) in [6.45, 7) is 2.26. The molecule has 0 aromatic heterocycles. The highest BCUT2D eigenvalue weighted by Gasteiger charge is 2.44. The fourth-order valence-electron chi connectivity index (χ4n) is 2.10. The van der Waals surface area contributed by atoms with E-state index in [2.05, 4.69) is 0 Å². The van der Waals surface area contributed by atoms with Crippen molar-refractivity contribution in [2.75, 3.05) is 12.4 Å². The largest absolute Gasteiger partial charge is 0.494 e. The van der Waals surface area contributed by atoms with Crippen LogP contribution in [0.3, 0.4) is 0 Å². The molecule has 1 saturated carbocycles. The highest BCUT2D eigenvalue weighted by molar-refractivity contribution is 7.99. The van der Waals surface area contributed by atoms with Crippen molar-refractivity contribution in [2.45, 2.75) is 31.1 Å². The number of nitrogens with zero attached hydrogens (tertiary/aromatic N) is 1. The number of thioether (sulfide) groups is 1. The Kier molecular flexibility index (Phi) is 4.72. The number of hydrogen-bond acceptors (Lipinski definition) is 5. The van der Waals surface area contributed by atoms with Gasteiger partial charge in [0, 0.05) is 16.7 Å². The van der Waals surface area contributed by atoms with Crippen LogP contribution in [0, 0.1) is 15.5 Å². The molecule has 0 unspecified atom stereocenters. The molecule has 0 spiro atoms. The number of hydrogen-bond donors (Lipinski definition) is 1. The summed E-state index contributed by atoms with van der Waals surface area (Å²) >= 11 is 1.46. The Labute approximate surface area is 126 Å². The zero-order valence-electron chi connectivity index (χ0n) is 11.7. The van der Waals surface area contributed by atoms with Crippen LogP contribution in [-0.4, -0.2) is 28.4 Å². The fraction of sp³-hybridized carbons (Fsp3) is 0.500. The standard InChI is InChI=1S/C14H17NO5S/c1-2-20-11-5-10(15(18)19)6-12(7-11)21-9-14(3-4-14)8-13(16)17/h5-7H,2-4,8-9H2,1H3,(H,16,17). The summed E-state index contributed by atoms with van der Waals surface area (Å²) in [4.78, 5) is 22.1. The monoisotopic (exact) mass is 311 g/mol. The minimum absolute atomic E-state index is 0.00784. The van der Waals surface area contributed by atoms with Gasteiger partial charge >= 0.3 is 5.97 Å². The lowest BCUT2D eigenvalue weighted by molar-refractivity contribution is -0.385. The van der Waals surface area contributed by atoms with E-state index in [9.17, 15) is 14.9 Å². The Balaban J connectivity index is 2.08. The minimum atomic E-state index is -0.790. The summed E-state index contributed by atoms with van der Waals surface area (Å²) in [5.41, 5.74) is -0.154. The second kappa shape index (κ2) is 6.34. The van der Waals surface area contributed by atoms with E-state index in [1.54, 1.807) is 6.07 Å². The van der Waals surface area contributed by atoms with Crippen LogP contribution in [0.5, 0.6) is 5.75 Å². The quantitative estimate of drug-likeness (QED) is 0.450. The molecule has 1 aromatic rings. The maximum Gasteiger partial charge on any atom is 0.303 e. The number of rotatable bonds is 8. The van der Waals surface area contributed by atoms with Gasteiger partial charge in [0.05, 0.1) is 24.0 Å². The van der Waals surface area contributed by atoms with Gasteiger partial charge in [0.15, 0.2) is 0 Å². The normalized spacial score (nSPS) is 15.5. The molecule has 2 rings (SSSR count). The molecule has 0 radical (unpaired) electrons. The van der Waals surface area contributed by atoms with Crippen molar-refractivity contribution in [1.29, 1.82) is 0 Å². The van der Waals surface area contributed by atoms with Crippen molar-refractivity contribution in [1.82, 2.24) is 0 Å². The van der Waals surface area contributed by atoms with E-state index in [-0.39, 0.29) is 17.5 Å². The Morgan fingerprint density at radius 3 is 2.71 bits per heavy atom. The summed E-state index contributed by atoms with van der Waals surface area (Å²) in [5.74, 6) is 0.339. The maximum absolute atomic E-state index is 10.9. The summed E-state index contributed by atoms with van der Waals surface area (Å²) in [7, 11) is 0. The molecule has 7 heteroatoms. The minimum Gasteiger partial charge on any atom is -0.494 e. The number of carboxylic acids is 1. The van der Waals surface area contributed by atoms with Crippen LogP contribution in [0.15, 0.2) is 23.1 Å². The van der Waals surface area contributed by atoms with Gasteiger partial charge in [-0.2, -0.15) is 0 Å². The number of nitro benzene ring substituents is 1. The Morgan fingerprint density at radius 2 is 2.19 bits per heavy atom. The lowest BCUT2D eigenvalue weighted by atomic mass is 10.1. The summed E-state index contributed by atoms with van der Waals surface area (Å²) < 4.78 is 5.34. The average Bonchev–Trinajstić information content (AvgIpc) is 3.16. The van der Waals surface area contributed by atoms with E-state index in [0.29, 0.717) is 18.1 Å². The number of ether oxygens (including phenoxy) is 1. The van der Waals surface area contributed by atoms with E-state index >= 15 is 0 Å². The molecule has 1 aliphatic rings. The van der Waals surface area contributed by atoms with Gasteiger partial charge < -0.3 is 9.84 Å². The first-order chi connectivity index (χ1) is 9.94. The first-order valence-corrected chi connectivity index (χ1v) is 7.69. The molecule has 1 N–H and O–H groups in total. The molecule has 0 atom stereocenters. The van der Waals surface area contributed by atoms with Crippen molar-refractivity contribution < 1.29 is 19.6 Å². The van der Waals surface area contributed by atoms with Crippen LogP contribution in [-0.2, 0) is 4.79 Å². The predicted molar refractivity (Wildman–Crippen MR) is 78.9 cm³/mol. The van der Waals surface area contributed by atoms with Gasteiger partial charge in [-0.15, -0.1) is 11.8 Å². The topological polar surface area (TPSA) is 89.7 Å². The van der Waals surface area contributed by atoms with Crippen LogP contribution < -0.4 is 4.74 Å². The van der Waals surface area contributed by atoms with Gasteiger partial charge in [-0.3, -0.25) is 14.9 Å². The van der Waals surface area contributed by atoms with Crippen molar-refractivity contribution >= 4 is 23.4 Å². The number of carboxylic acid groups (broad SMARTS) is 1. The van der Waals surface area contributed by atoms with Gasteiger partial charge in [-0.1, -0.05) is 0 Å². The van der Waals surface area contributed by atoms with Crippen molar-refractivity contribution in [2.24, 2.45) is 5.41 Å². The zero-order valence-corrected chi connectivity index (χ0v) is 12.5. The first-order valence-electron chi connectivity index (χ1n) is 6.71. The maximum atomic E-state index is 10.9. The second-order valence-corrected chi connectivity index (χ2v) is 6.26. The van der Waals surface area contributed by atoms with Gasteiger partial charge in [0.2, 0.25) is 0 Å². The van der Waals surface area contributed by atoms with Crippen LogP contribution >= 0.6 is 11.8 Å². The van der Waals surface area contributed by atoms with Crippen LogP contribution in [0.1, 0.15) is 26.2 Å². The second-order valence-electron chi connectivity index (χ2n) is 5.21. The molecule has 1 aromatic carbocycles. The molecular weight excluding hydrogens is 294 g/mol.